The molecule has 0 bridgehead atoms. The van der Waals surface area contributed by atoms with E-state index in [0.717, 1.165) is 33.4 Å². The molecule has 0 spiro atoms. The van der Waals surface area contributed by atoms with E-state index in [1.54, 1.807) is 0 Å². The molecule has 2 aliphatic rings. The number of rotatable bonds is 26. The average molecular weight is 981 g/mol. The molecule has 11 heteroatoms. The number of aliphatic hydroxyl groups is 1. The summed E-state index contributed by atoms with van der Waals surface area (Å²) in [5, 5.41) is 11.7. The van der Waals surface area contributed by atoms with Gasteiger partial charge in [0, 0.05) is 5.92 Å². The van der Waals surface area contributed by atoms with Gasteiger partial charge in [-0.25, -0.2) is 0 Å². The van der Waals surface area contributed by atoms with Crippen LogP contribution in [0.15, 0.2) is 182 Å². The lowest BCUT2D eigenvalue weighted by atomic mass is 9.91. The number of aliphatic hydroxyl groups excluding tert-OH is 1. The monoisotopic (exact) mass is 981 g/mol. The molecular formula is C61H72O11. The van der Waals surface area contributed by atoms with E-state index in [-0.39, 0.29) is 32.3 Å². The minimum atomic E-state index is -0.996. The fourth-order valence-electron chi connectivity index (χ4n) is 9.07. The third-order valence-corrected chi connectivity index (χ3v) is 13.4. The first-order chi connectivity index (χ1) is 35.2. The summed E-state index contributed by atoms with van der Waals surface area (Å²) < 4.78 is 68.5. The maximum absolute atomic E-state index is 11.7. The van der Waals surface area contributed by atoms with Gasteiger partial charge in [0.2, 0.25) is 0 Å². The van der Waals surface area contributed by atoms with Gasteiger partial charge in [-0.2, -0.15) is 0 Å². The molecule has 72 heavy (non-hydrogen) atoms. The first-order valence-corrected chi connectivity index (χ1v) is 25.4. The molecule has 2 heterocycles. The molecule has 2 aliphatic heterocycles. The second-order valence-corrected chi connectivity index (χ2v) is 19.2. The number of benzene rings is 6. The molecule has 382 valence electrons. The highest BCUT2D eigenvalue weighted by atomic mass is 16.8. The van der Waals surface area contributed by atoms with Gasteiger partial charge in [-0.15, -0.1) is 0 Å². The average Bonchev–Trinajstić information content (AvgIpc) is 3.42. The van der Waals surface area contributed by atoms with Crippen LogP contribution in [0.2, 0.25) is 0 Å². The summed E-state index contributed by atoms with van der Waals surface area (Å²) in [6.07, 6.45) is -6.73. The van der Waals surface area contributed by atoms with Crippen LogP contribution in [-0.4, -0.2) is 85.3 Å². The van der Waals surface area contributed by atoms with E-state index >= 15 is 0 Å². The first kappa shape index (κ1) is 53.2. The molecule has 2 saturated heterocycles. The zero-order chi connectivity index (χ0) is 50.0. The fraction of sp³-hybridized carbons (Fsp3) is 0.410. The van der Waals surface area contributed by atoms with Gasteiger partial charge in [-0.05, 0) is 53.6 Å². The normalized spacial score (nSPS) is 25.0. The standard InChI is InChI=1S/C61H72O11/c1-5-51-55(68-43-53(62)61(3,4)69-41-50-34-22-11-23-35-50)57(66-39-48-30-18-9-19-31-48)58(67-40-49-32-20-10-21-33-49)60(70-51)72-59-44(2)54(64-37-46-26-14-7-15-27-46)56(65-38-47-28-16-8-17-29-47)52(71-59)42-63-36-45-24-12-6-13-25-45/h6-35,44,51-60,62H,5,36-43H2,1-4H3/t44?,51?,52?,53-,54?,55+,56+,57-,58?,59+,60+/m0/s1. The summed E-state index contributed by atoms with van der Waals surface area (Å²) in [5.41, 5.74) is 5.11. The lowest BCUT2D eigenvalue weighted by molar-refractivity contribution is -0.383. The van der Waals surface area contributed by atoms with Crippen LogP contribution in [-0.2, 0) is 87.0 Å². The second kappa shape index (κ2) is 27.2. The molecule has 11 nitrogen and oxygen atoms in total. The van der Waals surface area contributed by atoms with Crippen molar-refractivity contribution in [3.63, 3.8) is 0 Å². The molecule has 2 fully saturated rings. The molecule has 0 aromatic heterocycles. The van der Waals surface area contributed by atoms with Crippen molar-refractivity contribution < 1.29 is 52.5 Å². The number of hydrogen-bond donors (Lipinski definition) is 1. The molecule has 6 aromatic carbocycles. The minimum absolute atomic E-state index is 0.0489. The van der Waals surface area contributed by atoms with Gasteiger partial charge in [0.05, 0.1) is 70.7 Å². The van der Waals surface area contributed by atoms with Gasteiger partial charge in [-0.1, -0.05) is 196 Å². The molecule has 11 atom stereocenters. The van der Waals surface area contributed by atoms with Crippen molar-refractivity contribution in [1.29, 1.82) is 0 Å². The van der Waals surface area contributed by atoms with E-state index < -0.39 is 67.0 Å². The van der Waals surface area contributed by atoms with E-state index in [4.69, 9.17) is 47.4 Å². The van der Waals surface area contributed by atoms with E-state index in [9.17, 15) is 5.11 Å². The highest BCUT2D eigenvalue weighted by Gasteiger charge is 2.53. The molecule has 1 N–H and O–H groups in total. The van der Waals surface area contributed by atoms with Gasteiger partial charge >= 0.3 is 0 Å². The lowest BCUT2D eigenvalue weighted by Crippen LogP contribution is -2.63. The van der Waals surface area contributed by atoms with Crippen LogP contribution in [0.25, 0.3) is 0 Å². The Morgan fingerprint density at radius 2 is 0.819 bits per heavy atom. The third kappa shape index (κ3) is 15.2. The first-order valence-electron chi connectivity index (χ1n) is 25.4. The molecule has 8 rings (SSSR count). The summed E-state index contributed by atoms with van der Waals surface area (Å²) in [4.78, 5) is 0. The predicted octanol–water partition coefficient (Wildman–Crippen LogP) is 10.8. The van der Waals surface area contributed by atoms with Crippen molar-refractivity contribution in [2.75, 3.05) is 13.2 Å². The highest BCUT2D eigenvalue weighted by Crippen LogP contribution is 2.38. The van der Waals surface area contributed by atoms with Crippen molar-refractivity contribution in [3.05, 3.63) is 215 Å². The summed E-state index contributed by atoms with van der Waals surface area (Å²) in [5.74, 6) is -0.371. The third-order valence-electron chi connectivity index (χ3n) is 13.4. The van der Waals surface area contributed by atoms with E-state index in [1.807, 2.05) is 178 Å². The quantitative estimate of drug-likeness (QED) is 0.0561. The smallest absolute Gasteiger partial charge is 0.189 e. The number of hydrogen-bond acceptors (Lipinski definition) is 11. The van der Waals surface area contributed by atoms with Crippen LogP contribution in [0.1, 0.15) is 67.5 Å². The Bertz CT molecular complexity index is 2400. The largest absolute Gasteiger partial charge is 0.388 e. The fourth-order valence-corrected chi connectivity index (χ4v) is 9.07. The Balaban J connectivity index is 1.09. The lowest BCUT2D eigenvalue weighted by Gasteiger charge is -2.49. The topological polar surface area (TPSA) is 113 Å². The van der Waals surface area contributed by atoms with E-state index in [0.29, 0.717) is 32.8 Å². The maximum atomic E-state index is 11.7. The van der Waals surface area contributed by atoms with E-state index in [1.165, 1.54) is 0 Å². The molecular weight excluding hydrogens is 909 g/mol. The zero-order valence-corrected chi connectivity index (χ0v) is 42.1. The van der Waals surface area contributed by atoms with Crippen molar-refractivity contribution in [3.8, 4) is 0 Å². The summed E-state index contributed by atoms with van der Waals surface area (Å²) in [7, 11) is 0. The van der Waals surface area contributed by atoms with Gasteiger partial charge in [-0.3, -0.25) is 0 Å². The Hall–Kier alpha value is -5.12. The molecule has 0 amide bonds. The van der Waals surface area contributed by atoms with Crippen LogP contribution >= 0.6 is 0 Å². The number of ether oxygens (including phenoxy) is 10. The van der Waals surface area contributed by atoms with Crippen LogP contribution in [0.5, 0.6) is 0 Å². The molecule has 0 saturated carbocycles. The van der Waals surface area contributed by atoms with Crippen LogP contribution in [0, 0.1) is 5.92 Å². The van der Waals surface area contributed by atoms with Crippen molar-refractivity contribution >= 4 is 0 Å². The highest BCUT2D eigenvalue weighted by molar-refractivity contribution is 5.18. The molecule has 0 radical (unpaired) electrons. The van der Waals surface area contributed by atoms with Crippen molar-refractivity contribution in [2.24, 2.45) is 5.92 Å². The van der Waals surface area contributed by atoms with Gasteiger partial charge in [0.25, 0.3) is 0 Å². The minimum Gasteiger partial charge on any atom is -0.388 e. The molecule has 0 aliphatic carbocycles. The Morgan fingerprint density at radius 3 is 1.28 bits per heavy atom. The van der Waals surface area contributed by atoms with Gasteiger partial charge < -0.3 is 52.5 Å². The summed E-state index contributed by atoms with van der Waals surface area (Å²) in [6.45, 7) is 9.93. The van der Waals surface area contributed by atoms with Gasteiger partial charge in [0.1, 0.15) is 36.6 Å². The predicted molar refractivity (Wildman–Crippen MR) is 275 cm³/mol. The summed E-state index contributed by atoms with van der Waals surface area (Å²) in [6, 6.07) is 60.2. The SMILES string of the molecule is CCC1O[C@H](O[C@H]2OC(COCc3ccccc3)[C@@H](OCc3ccccc3)C(OCc3ccccc3)C2C)C(OCc2ccccc2)[C@@H](OCc2ccccc2)[C@@H]1OC[C@H](O)C(C)(C)OCc1ccccc1. The second-order valence-electron chi connectivity index (χ2n) is 19.2. The van der Waals surface area contributed by atoms with Crippen molar-refractivity contribution in [1.82, 2.24) is 0 Å². The Labute approximate surface area is 426 Å². The molecule has 6 aromatic rings. The zero-order valence-electron chi connectivity index (χ0n) is 42.1. The Morgan fingerprint density at radius 1 is 0.444 bits per heavy atom. The van der Waals surface area contributed by atoms with Crippen LogP contribution in [0.4, 0.5) is 0 Å². The maximum Gasteiger partial charge on any atom is 0.189 e. The van der Waals surface area contributed by atoms with Crippen LogP contribution in [0.3, 0.4) is 0 Å². The van der Waals surface area contributed by atoms with Gasteiger partial charge in [0.15, 0.2) is 12.6 Å². The summed E-state index contributed by atoms with van der Waals surface area (Å²) >= 11 is 0. The van der Waals surface area contributed by atoms with Crippen LogP contribution < -0.4 is 0 Å². The van der Waals surface area contributed by atoms with Crippen molar-refractivity contribution in [2.45, 2.75) is 141 Å². The molecule has 5 unspecified atom stereocenters. The Kier molecular flexibility index (Phi) is 20.1. The van der Waals surface area contributed by atoms with E-state index in [2.05, 4.69) is 31.2 Å².